The molecule has 1 fully saturated rings. The van der Waals surface area contributed by atoms with Crippen LogP contribution in [0.4, 0.5) is 4.79 Å². The number of ether oxygens (including phenoxy) is 2. The maximum Gasteiger partial charge on any atom is 0.407 e. The van der Waals surface area contributed by atoms with Crippen LogP contribution >= 0.6 is 0 Å². The maximum atomic E-state index is 10.9. The largest absolute Gasteiger partial charge is 0.490 e. The van der Waals surface area contributed by atoms with Crippen LogP contribution in [0.3, 0.4) is 0 Å². The van der Waals surface area contributed by atoms with E-state index in [-0.39, 0.29) is 13.2 Å². The predicted octanol–water partition coefficient (Wildman–Crippen LogP) is 1.79. The number of aryl methyl sites for hydroxylation is 2. The van der Waals surface area contributed by atoms with Crippen LogP contribution in [-0.4, -0.2) is 25.3 Å². The van der Waals surface area contributed by atoms with Crippen LogP contribution in [-0.2, 0) is 4.74 Å². The third-order valence-corrected chi connectivity index (χ3v) is 2.26. The van der Waals surface area contributed by atoms with E-state index in [0.29, 0.717) is 5.75 Å². The van der Waals surface area contributed by atoms with E-state index < -0.39 is 12.2 Å². The van der Waals surface area contributed by atoms with Crippen LogP contribution in [0, 0.1) is 13.8 Å². The SMILES string of the molecule is [2H]C1(COc2cc(C)cc(C)c2)CNC(=O)O1. The van der Waals surface area contributed by atoms with Crippen LogP contribution in [0.15, 0.2) is 18.2 Å². The van der Waals surface area contributed by atoms with Gasteiger partial charge in [0.1, 0.15) is 12.4 Å². The highest BCUT2D eigenvalue weighted by Crippen LogP contribution is 2.16. The Hall–Kier alpha value is -1.71. The number of hydrogen-bond acceptors (Lipinski definition) is 3. The molecule has 1 aromatic carbocycles. The molecule has 4 nitrogen and oxygen atoms in total. The second-order valence-electron chi connectivity index (χ2n) is 3.89. The summed E-state index contributed by atoms with van der Waals surface area (Å²) in [5.41, 5.74) is 2.20. The van der Waals surface area contributed by atoms with Crippen LogP contribution in [0.2, 0.25) is 0 Å². The predicted molar refractivity (Wildman–Crippen MR) is 59.7 cm³/mol. The van der Waals surface area contributed by atoms with E-state index in [0.717, 1.165) is 11.1 Å². The number of rotatable bonds is 3. The van der Waals surface area contributed by atoms with Crippen molar-refractivity contribution in [1.29, 1.82) is 0 Å². The van der Waals surface area contributed by atoms with Crippen molar-refractivity contribution < 1.29 is 15.6 Å². The first-order valence-corrected chi connectivity index (χ1v) is 5.15. The van der Waals surface area contributed by atoms with Crippen molar-refractivity contribution in [3.8, 4) is 5.75 Å². The molecule has 16 heavy (non-hydrogen) atoms. The zero-order valence-electron chi connectivity index (χ0n) is 10.4. The molecule has 2 rings (SSSR count). The first-order valence-electron chi connectivity index (χ1n) is 5.65. The average Bonchev–Trinajstić information content (AvgIpc) is 2.55. The summed E-state index contributed by atoms with van der Waals surface area (Å²) < 4.78 is 18.2. The Balaban J connectivity index is 2.00. The van der Waals surface area contributed by atoms with Gasteiger partial charge >= 0.3 is 6.09 Å². The van der Waals surface area contributed by atoms with Gasteiger partial charge in [-0.1, -0.05) is 6.07 Å². The van der Waals surface area contributed by atoms with E-state index in [1.54, 1.807) is 0 Å². The van der Waals surface area contributed by atoms with Crippen molar-refractivity contribution in [2.75, 3.05) is 13.2 Å². The average molecular weight is 222 g/mol. The molecule has 0 bridgehead atoms. The Labute approximate surface area is 96.0 Å². The third kappa shape index (κ3) is 2.66. The first-order chi connectivity index (χ1) is 7.97. The molecule has 1 atom stereocenters. The molecular weight excluding hydrogens is 206 g/mol. The van der Waals surface area contributed by atoms with Crippen LogP contribution in [0.5, 0.6) is 5.75 Å². The lowest BCUT2D eigenvalue weighted by molar-refractivity contribution is 0.105. The minimum Gasteiger partial charge on any atom is -0.490 e. The summed E-state index contributed by atoms with van der Waals surface area (Å²) in [5.74, 6) is 0.692. The van der Waals surface area contributed by atoms with Gasteiger partial charge in [0.15, 0.2) is 6.08 Å². The van der Waals surface area contributed by atoms with Gasteiger partial charge in [0.25, 0.3) is 0 Å². The Bertz CT molecular complexity index is 429. The second-order valence-corrected chi connectivity index (χ2v) is 3.89. The van der Waals surface area contributed by atoms with Crippen molar-refractivity contribution in [2.24, 2.45) is 0 Å². The molecule has 1 amide bonds. The van der Waals surface area contributed by atoms with E-state index in [1.807, 2.05) is 32.0 Å². The monoisotopic (exact) mass is 222 g/mol. The quantitative estimate of drug-likeness (QED) is 0.848. The van der Waals surface area contributed by atoms with Crippen LogP contribution in [0.1, 0.15) is 12.5 Å². The van der Waals surface area contributed by atoms with E-state index in [1.165, 1.54) is 0 Å². The van der Waals surface area contributed by atoms with Gasteiger partial charge in [-0.25, -0.2) is 4.79 Å². The van der Waals surface area contributed by atoms with E-state index >= 15 is 0 Å². The molecule has 1 N–H and O–H groups in total. The Morgan fingerprint density at radius 3 is 2.75 bits per heavy atom. The lowest BCUT2D eigenvalue weighted by atomic mass is 10.1. The summed E-state index contributed by atoms with van der Waals surface area (Å²) in [6, 6.07) is 5.82. The molecule has 1 heterocycles. The van der Waals surface area contributed by atoms with Crippen molar-refractivity contribution in [1.82, 2.24) is 5.32 Å². The Morgan fingerprint density at radius 1 is 1.50 bits per heavy atom. The number of cyclic esters (lactones) is 1. The molecule has 0 aliphatic carbocycles. The summed E-state index contributed by atoms with van der Waals surface area (Å²) in [5, 5.41) is 2.44. The van der Waals surface area contributed by atoms with Crippen LogP contribution < -0.4 is 10.1 Å². The number of carbonyl (C=O) groups excluding carboxylic acids is 1. The van der Waals surface area contributed by atoms with Gasteiger partial charge in [-0.05, 0) is 37.1 Å². The van der Waals surface area contributed by atoms with E-state index in [4.69, 9.17) is 10.8 Å². The van der Waals surface area contributed by atoms with Gasteiger partial charge < -0.3 is 14.8 Å². The zero-order chi connectivity index (χ0) is 12.5. The number of benzene rings is 1. The highest BCUT2D eigenvalue weighted by molar-refractivity contribution is 5.69. The van der Waals surface area contributed by atoms with Gasteiger partial charge in [-0.15, -0.1) is 0 Å². The number of nitrogens with one attached hydrogen (secondary N) is 1. The smallest absolute Gasteiger partial charge is 0.407 e. The molecule has 1 aliphatic rings. The topological polar surface area (TPSA) is 47.6 Å². The molecule has 86 valence electrons. The van der Waals surface area contributed by atoms with Gasteiger partial charge in [-0.3, -0.25) is 0 Å². The highest BCUT2D eigenvalue weighted by Gasteiger charge is 2.22. The second kappa shape index (κ2) is 4.43. The van der Waals surface area contributed by atoms with Gasteiger partial charge in [0, 0.05) is 0 Å². The fourth-order valence-electron chi connectivity index (χ4n) is 1.63. The van der Waals surface area contributed by atoms with Crippen molar-refractivity contribution in [3.05, 3.63) is 29.3 Å². The molecule has 0 spiro atoms. The summed E-state index contributed by atoms with van der Waals surface area (Å²) >= 11 is 0. The normalized spacial score (nSPS) is 24.6. The minimum atomic E-state index is -1.32. The standard InChI is InChI=1S/C12H15NO3/c1-8-3-9(2)5-10(4-8)15-7-11-6-13-12(14)16-11/h3-5,11H,6-7H2,1-2H3,(H,13,14)/i11D. The van der Waals surface area contributed by atoms with Gasteiger partial charge in [0.2, 0.25) is 0 Å². The molecule has 1 unspecified atom stereocenters. The van der Waals surface area contributed by atoms with Crippen LogP contribution in [0.25, 0.3) is 0 Å². The first kappa shape index (κ1) is 9.51. The number of carbonyl (C=O) groups is 1. The van der Waals surface area contributed by atoms with Gasteiger partial charge in [0.05, 0.1) is 7.92 Å². The summed E-state index contributed by atoms with van der Waals surface area (Å²) in [6.07, 6.45) is -1.89. The molecule has 1 saturated heterocycles. The van der Waals surface area contributed by atoms with Crippen molar-refractivity contribution in [2.45, 2.75) is 19.9 Å². The van der Waals surface area contributed by atoms with E-state index in [9.17, 15) is 4.79 Å². The lowest BCUT2D eigenvalue weighted by Gasteiger charge is -2.11. The Morgan fingerprint density at radius 2 is 2.19 bits per heavy atom. The molecule has 0 aromatic heterocycles. The number of hydrogen-bond donors (Lipinski definition) is 1. The van der Waals surface area contributed by atoms with Gasteiger partial charge in [-0.2, -0.15) is 0 Å². The molecule has 4 heteroatoms. The number of amides is 1. The molecule has 0 saturated carbocycles. The Kier molecular flexibility index (Phi) is 2.63. The van der Waals surface area contributed by atoms with Crippen molar-refractivity contribution in [3.63, 3.8) is 0 Å². The molecular formula is C12H15NO3. The fraction of sp³-hybridized carbons (Fsp3) is 0.417. The molecule has 0 radical (unpaired) electrons. The highest BCUT2D eigenvalue weighted by atomic mass is 16.6. The lowest BCUT2D eigenvalue weighted by Crippen LogP contribution is -2.21. The summed E-state index contributed by atoms with van der Waals surface area (Å²) in [7, 11) is 0. The summed E-state index contributed by atoms with van der Waals surface area (Å²) in [6.45, 7) is 4.13. The maximum absolute atomic E-state index is 10.9. The fourth-order valence-corrected chi connectivity index (χ4v) is 1.63. The van der Waals surface area contributed by atoms with Crippen molar-refractivity contribution >= 4 is 6.09 Å². The summed E-state index contributed by atoms with van der Waals surface area (Å²) in [4.78, 5) is 10.9. The minimum absolute atomic E-state index is 0.0225. The zero-order valence-corrected chi connectivity index (χ0v) is 9.37. The number of alkyl carbamates (subject to hydrolysis) is 1. The molecule has 1 aliphatic heterocycles. The van der Waals surface area contributed by atoms with E-state index in [2.05, 4.69) is 5.32 Å². The molecule has 1 aromatic rings. The third-order valence-electron chi connectivity index (χ3n) is 2.26.